The molecular weight excluding hydrogens is 244 g/mol. The standard InChI is InChI=1S/C14H22N2O3/c1-2-19-14(18)10-5-7-16(8-6-10)13(17)11-3-4-12(15)9-11/h3-4,10-12H,2,5-9,15H2,1H3. The van der Waals surface area contributed by atoms with Gasteiger partial charge in [0.25, 0.3) is 0 Å². The summed E-state index contributed by atoms with van der Waals surface area (Å²) in [5, 5.41) is 0. The van der Waals surface area contributed by atoms with E-state index in [2.05, 4.69) is 0 Å². The highest BCUT2D eigenvalue weighted by atomic mass is 16.5. The number of carbonyl (C=O) groups is 2. The van der Waals surface area contributed by atoms with Crippen LogP contribution < -0.4 is 5.73 Å². The Labute approximate surface area is 113 Å². The number of likely N-dealkylation sites (tertiary alicyclic amines) is 1. The van der Waals surface area contributed by atoms with E-state index < -0.39 is 0 Å². The summed E-state index contributed by atoms with van der Waals surface area (Å²) in [7, 11) is 0. The van der Waals surface area contributed by atoms with Crippen LogP contribution in [0.15, 0.2) is 12.2 Å². The molecule has 0 aromatic rings. The van der Waals surface area contributed by atoms with Crippen LogP contribution in [0.5, 0.6) is 0 Å². The van der Waals surface area contributed by atoms with Crippen molar-refractivity contribution < 1.29 is 14.3 Å². The molecule has 2 atom stereocenters. The minimum absolute atomic E-state index is 0.00558. The van der Waals surface area contributed by atoms with Crippen LogP contribution in [0.25, 0.3) is 0 Å². The third-order valence-electron chi connectivity index (χ3n) is 3.86. The van der Waals surface area contributed by atoms with Crippen LogP contribution in [0, 0.1) is 11.8 Å². The second-order valence-electron chi connectivity index (χ2n) is 5.24. The molecule has 0 bridgehead atoms. The van der Waals surface area contributed by atoms with Gasteiger partial charge in [0.15, 0.2) is 0 Å². The van der Waals surface area contributed by atoms with E-state index in [1.807, 2.05) is 24.0 Å². The lowest BCUT2D eigenvalue weighted by Crippen LogP contribution is -2.43. The molecule has 0 aromatic carbocycles. The molecule has 1 aliphatic carbocycles. The van der Waals surface area contributed by atoms with E-state index in [1.54, 1.807) is 0 Å². The van der Waals surface area contributed by atoms with Gasteiger partial charge >= 0.3 is 5.97 Å². The van der Waals surface area contributed by atoms with E-state index >= 15 is 0 Å². The van der Waals surface area contributed by atoms with Gasteiger partial charge in [0.05, 0.1) is 18.4 Å². The minimum atomic E-state index is -0.127. The second-order valence-corrected chi connectivity index (χ2v) is 5.24. The maximum absolute atomic E-state index is 12.3. The lowest BCUT2D eigenvalue weighted by Gasteiger charge is -2.32. The Hall–Kier alpha value is -1.36. The first-order valence-electron chi connectivity index (χ1n) is 7.01. The van der Waals surface area contributed by atoms with Gasteiger partial charge in [0.1, 0.15) is 0 Å². The molecule has 2 unspecified atom stereocenters. The molecule has 0 radical (unpaired) electrons. The number of esters is 1. The molecule has 1 heterocycles. The fourth-order valence-corrected chi connectivity index (χ4v) is 2.74. The zero-order valence-corrected chi connectivity index (χ0v) is 11.4. The molecule has 5 heteroatoms. The summed E-state index contributed by atoms with van der Waals surface area (Å²) in [6.45, 7) is 3.51. The Kier molecular flexibility index (Phi) is 4.58. The average molecular weight is 266 g/mol. The van der Waals surface area contributed by atoms with Gasteiger partial charge in [-0.25, -0.2) is 0 Å². The number of nitrogens with two attached hydrogens (primary N) is 1. The van der Waals surface area contributed by atoms with Crippen LogP contribution in [0.1, 0.15) is 26.2 Å². The minimum Gasteiger partial charge on any atom is -0.466 e. The van der Waals surface area contributed by atoms with Crippen molar-refractivity contribution in [3.8, 4) is 0 Å². The molecule has 106 valence electrons. The molecule has 1 aliphatic heterocycles. The molecule has 1 saturated heterocycles. The molecule has 2 rings (SSSR count). The maximum Gasteiger partial charge on any atom is 0.309 e. The molecular formula is C14H22N2O3. The largest absolute Gasteiger partial charge is 0.466 e. The molecule has 2 aliphatic rings. The quantitative estimate of drug-likeness (QED) is 0.602. The normalized spacial score (nSPS) is 27.6. The summed E-state index contributed by atoms with van der Waals surface area (Å²) < 4.78 is 5.02. The Bertz CT molecular complexity index is 373. The summed E-state index contributed by atoms with van der Waals surface area (Å²) in [5.41, 5.74) is 5.77. The van der Waals surface area contributed by atoms with Gasteiger partial charge in [-0.3, -0.25) is 9.59 Å². The van der Waals surface area contributed by atoms with Crippen molar-refractivity contribution in [1.82, 2.24) is 4.90 Å². The highest BCUT2D eigenvalue weighted by Crippen LogP contribution is 2.24. The van der Waals surface area contributed by atoms with E-state index in [0.717, 1.165) is 0 Å². The maximum atomic E-state index is 12.3. The number of hydrogen-bond donors (Lipinski definition) is 1. The Morgan fingerprint density at radius 1 is 1.32 bits per heavy atom. The van der Waals surface area contributed by atoms with Crippen molar-refractivity contribution in [3.63, 3.8) is 0 Å². The first kappa shape index (κ1) is 14.1. The molecule has 0 saturated carbocycles. The van der Waals surface area contributed by atoms with Gasteiger partial charge in [-0.2, -0.15) is 0 Å². The highest BCUT2D eigenvalue weighted by Gasteiger charge is 2.32. The molecule has 0 spiro atoms. The number of amides is 1. The SMILES string of the molecule is CCOC(=O)C1CCN(C(=O)C2C=CC(N)C2)CC1. The third-order valence-corrected chi connectivity index (χ3v) is 3.86. The fraction of sp³-hybridized carbons (Fsp3) is 0.714. The van der Waals surface area contributed by atoms with Crippen LogP contribution in [0.3, 0.4) is 0 Å². The van der Waals surface area contributed by atoms with Gasteiger partial charge in [0.2, 0.25) is 5.91 Å². The van der Waals surface area contributed by atoms with Crippen LogP contribution in [-0.2, 0) is 14.3 Å². The molecule has 2 N–H and O–H groups in total. The first-order valence-corrected chi connectivity index (χ1v) is 7.01. The predicted octanol–water partition coefficient (Wildman–Crippen LogP) is 0.691. The van der Waals surface area contributed by atoms with E-state index in [4.69, 9.17) is 10.5 Å². The lowest BCUT2D eigenvalue weighted by molar-refractivity contribution is -0.151. The predicted molar refractivity (Wildman–Crippen MR) is 71.2 cm³/mol. The topological polar surface area (TPSA) is 72.6 Å². The van der Waals surface area contributed by atoms with Crippen molar-refractivity contribution in [2.75, 3.05) is 19.7 Å². The van der Waals surface area contributed by atoms with Crippen molar-refractivity contribution in [2.45, 2.75) is 32.2 Å². The van der Waals surface area contributed by atoms with E-state index in [9.17, 15) is 9.59 Å². The van der Waals surface area contributed by atoms with Crippen LogP contribution >= 0.6 is 0 Å². The van der Waals surface area contributed by atoms with Crippen molar-refractivity contribution in [2.24, 2.45) is 17.6 Å². The smallest absolute Gasteiger partial charge is 0.309 e. The zero-order valence-electron chi connectivity index (χ0n) is 11.4. The summed E-state index contributed by atoms with van der Waals surface area (Å²) in [6.07, 6.45) is 5.91. The zero-order chi connectivity index (χ0) is 13.8. The number of nitrogens with zero attached hydrogens (tertiary/aromatic N) is 1. The summed E-state index contributed by atoms with van der Waals surface area (Å²) in [5.74, 6) is -0.108. The number of hydrogen-bond acceptors (Lipinski definition) is 4. The van der Waals surface area contributed by atoms with Gasteiger partial charge in [-0.1, -0.05) is 12.2 Å². The molecule has 0 aromatic heterocycles. The number of ether oxygens (including phenoxy) is 1. The van der Waals surface area contributed by atoms with Crippen LogP contribution in [-0.4, -0.2) is 42.5 Å². The van der Waals surface area contributed by atoms with Crippen molar-refractivity contribution >= 4 is 11.9 Å². The Morgan fingerprint density at radius 3 is 2.53 bits per heavy atom. The first-order chi connectivity index (χ1) is 9.11. The lowest BCUT2D eigenvalue weighted by atomic mass is 9.95. The van der Waals surface area contributed by atoms with E-state index in [1.165, 1.54) is 0 Å². The summed E-state index contributed by atoms with van der Waals surface area (Å²) in [6, 6.07) is 0.00558. The average Bonchev–Trinajstić information content (AvgIpc) is 2.85. The fourth-order valence-electron chi connectivity index (χ4n) is 2.74. The number of piperidine rings is 1. The van der Waals surface area contributed by atoms with E-state index in [-0.39, 0.29) is 29.8 Å². The monoisotopic (exact) mass is 266 g/mol. The van der Waals surface area contributed by atoms with Gasteiger partial charge in [-0.15, -0.1) is 0 Å². The Morgan fingerprint density at radius 2 is 2.00 bits per heavy atom. The van der Waals surface area contributed by atoms with Crippen molar-refractivity contribution in [1.29, 1.82) is 0 Å². The molecule has 5 nitrogen and oxygen atoms in total. The van der Waals surface area contributed by atoms with Gasteiger partial charge in [-0.05, 0) is 26.2 Å². The molecule has 1 amide bonds. The Balaban J connectivity index is 1.81. The van der Waals surface area contributed by atoms with E-state index in [0.29, 0.717) is 39.0 Å². The van der Waals surface area contributed by atoms with Gasteiger partial charge in [0, 0.05) is 19.1 Å². The third kappa shape index (κ3) is 3.35. The van der Waals surface area contributed by atoms with Gasteiger partial charge < -0.3 is 15.4 Å². The number of carbonyl (C=O) groups excluding carboxylic acids is 2. The molecule has 19 heavy (non-hydrogen) atoms. The van der Waals surface area contributed by atoms with Crippen molar-refractivity contribution in [3.05, 3.63) is 12.2 Å². The highest BCUT2D eigenvalue weighted by molar-refractivity contribution is 5.81. The molecule has 1 fully saturated rings. The summed E-state index contributed by atoms with van der Waals surface area (Å²) >= 11 is 0. The number of rotatable bonds is 3. The van der Waals surface area contributed by atoms with Crippen LogP contribution in [0.2, 0.25) is 0 Å². The summed E-state index contributed by atoms with van der Waals surface area (Å²) in [4.78, 5) is 25.7. The second kappa shape index (κ2) is 6.19. The van der Waals surface area contributed by atoms with Crippen LogP contribution in [0.4, 0.5) is 0 Å².